The van der Waals surface area contributed by atoms with Gasteiger partial charge in [-0.1, -0.05) is 12.1 Å². The lowest BCUT2D eigenvalue weighted by molar-refractivity contribution is 0.109. The lowest BCUT2D eigenvalue weighted by atomic mass is 9.93. The molecule has 2 aliphatic rings. The fraction of sp³-hybridized carbons (Fsp3) is 0.429. The van der Waals surface area contributed by atoms with Crippen LogP contribution in [-0.2, 0) is 23.1 Å². The lowest BCUT2D eigenvalue weighted by Gasteiger charge is -2.39. The van der Waals surface area contributed by atoms with Crippen LogP contribution < -0.4 is 14.8 Å². The molecule has 2 N–H and O–H groups in total. The molecule has 2 fully saturated rings. The van der Waals surface area contributed by atoms with E-state index in [1.54, 1.807) is 41.8 Å². The third kappa shape index (κ3) is 7.93. The van der Waals surface area contributed by atoms with Crippen LogP contribution in [0.3, 0.4) is 0 Å². The van der Waals surface area contributed by atoms with Crippen molar-refractivity contribution in [1.82, 2.24) is 20.1 Å². The molecule has 1 aliphatic heterocycles. The second-order valence-electron chi connectivity index (χ2n) is 10.3. The summed E-state index contributed by atoms with van der Waals surface area (Å²) < 4.78 is 31.1. The fourth-order valence-corrected chi connectivity index (χ4v) is 6.08. The number of urea groups is 1. The Hall–Kier alpha value is -3.15. The number of carbonyl (C=O) groups is 1. The molecule has 5 rings (SSSR count). The van der Waals surface area contributed by atoms with Gasteiger partial charge in [0.25, 0.3) is 0 Å². The van der Waals surface area contributed by atoms with E-state index in [4.69, 9.17) is 4.74 Å². The molecule has 0 unspecified atom stereocenters. The number of carbonyl (C=O) groups excluding carboxylic acids is 1. The quantitative estimate of drug-likeness (QED) is 0.355. The SMILES string of the molecule is CS(=O)(=O)Nc1ccc(Oc2ccc(CN3CCC(N(Cc4nccs4)C(=O)NC4CCC4)CC3)cc2)cc1. The molecule has 0 bridgehead atoms. The Morgan fingerprint density at radius 3 is 2.28 bits per heavy atom. The molecule has 1 saturated heterocycles. The zero-order valence-corrected chi connectivity index (χ0v) is 23.7. The van der Waals surface area contributed by atoms with E-state index >= 15 is 0 Å². The van der Waals surface area contributed by atoms with Crippen LogP contribution in [-0.4, -0.2) is 60.7 Å². The van der Waals surface area contributed by atoms with Gasteiger partial charge in [-0.3, -0.25) is 9.62 Å². The number of thiazole rings is 1. The van der Waals surface area contributed by atoms with Gasteiger partial charge in [0.2, 0.25) is 10.0 Å². The van der Waals surface area contributed by atoms with Gasteiger partial charge in [-0.25, -0.2) is 18.2 Å². The van der Waals surface area contributed by atoms with E-state index in [0.717, 1.165) is 62.3 Å². The monoisotopic (exact) mass is 569 g/mol. The average molecular weight is 570 g/mol. The van der Waals surface area contributed by atoms with E-state index < -0.39 is 10.0 Å². The van der Waals surface area contributed by atoms with Crippen molar-refractivity contribution in [3.05, 3.63) is 70.7 Å². The summed E-state index contributed by atoms with van der Waals surface area (Å²) >= 11 is 1.60. The number of hydrogen-bond acceptors (Lipinski definition) is 7. The van der Waals surface area contributed by atoms with Crippen molar-refractivity contribution in [1.29, 1.82) is 0 Å². The Kier molecular flexibility index (Phi) is 8.69. The van der Waals surface area contributed by atoms with Crippen LogP contribution in [0.25, 0.3) is 0 Å². The Morgan fingerprint density at radius 2 is 1.72 bits per heavy atom. The van der Waals surface area contributed by atoms with E-state index in [9.17, 15) is 13.2 Å². The Balaban J connectivity index is 1.12. The first-order valence-corrected chi connectivity index (χ1v) is 16.1. The molecule has 1 aromatic heterocycles. The van der Waals surface area contributed by atoms with Gasteiger partial charge >= 0.3 is 6.03 Å². The first kappa shape index (κ1) is 27.4. The van der Waals surface area contributed by atoms with Gasteiger partial charge in [-0.15, -0.1) is 11.3 Å². The van der Waals surface area contributed by atoms with Crippen LogP contribution >= 0.6 is 11.3 Å². The van der Waals surface area contributed by atoms with E-state index in [0.29, 0.717) is 24.0 Å². The van der Waals surface area contributed by atoms with Crippen molar-refractivity contribution in [3.8, 4) is 11.5 Å². The minimum atomic E-state index is -3.31. The maximum absolute atomic E-state index is 13.1. The summed E-state index contributed by atoms with van der Waals surface area (Å²) in [6.07, 6.45) is 8.15. The molecule has 3 aromatic rings. The van der Waals surface area contributed by atoms with Gasteiger partial charge in [0.1, 0.15) is 16.5 Å². The molecular weight excluding hydrogens is 534 g/mol. The lowest BCUT2D eigenvalue weighted by Crippen LogP contribution is -2.53. The van der Waals surface area contributed by atoms with Crippen LogP contribution in [0.5, 0.6) is 11.5 Å². The molecule has 0 spiro atoms. The number of hydrogen-bond donors (Lipinski definition) is 2. The molecule has 0 radical (unpaired) electrons. The van der Waals surface area contributed by atoms with Crippen molar-refractivity contribution in [3.63, 3.8) is 0 Å². The number of nitrogens with one attached hydrogen (secondary N) is 2. The first-order chi connectivity index (χ1) is 18.8. The third-order valence-electron chi connectivity index (χ3n) is 7.20. The zero-order valence-electron chi connectivity index (χ0n) is 22.1. The molecule has 1 saturated carbocycles. The van der Waals surface area contributed by atoms with E-state index in [1.165, 1.54) is 12.0 Å². The Labute approximate surface area is 234 Å². The van der Waals surface area contributed by atoms with Crippen molar-refractivity contribution in [2.75, 3.05) is 24.1 Å². The fourth-order valence-electron chi connectivity index (χ4n) is 4.91. The summed E-state index contributed by atoms with van der Waals surface area (Å²) in [5.74, 6) is 1.35. The van der Waals surface area contributed by atoms with Gasteiger partial charge in [0, 0.05) is 49.0 Å². The smallest absolute Gasteiger partial charge is 0.318 e. The van der Waals surface area contributed by atoms with E-state index in [-0.39, 0.29) is 12.1 Å². The van der Waals surface area contributed by atoms with Crippen LogP contribution in [0, 0.1) is 0 Å². The summed E-state index contributed by atoms with van der Waals surface area (Å²) in [7, 11) is -3.31. The van der Waals surface area contributed by atoms with Crippen LogP contribution in [0.1, 0.15) is 42.7 Å². The zero-order chi connectivity index (χ0) is 27.2. The standard InChI is InChI=1S/C28H35N5O4S2/c1-39(35,36)31-23-7-11-26(12-8-23)37-25-9-5-21(6-10-25)19-32-16-13-24(14-17-32)33(20-27-29-15-18-38-27)28(34)30-22-3-2-4-22/h5-12,15,18,22,24,31H,2-4,13-14,16-17,19-20H2,1H3,(H,30,34). The molecule has 39 heavy (non-hydrogen) atoms. The Morgan fingerprint density at radius 1 is 1.05 bits per heavy atom. The van der Waals surface area contributed by atoms with Crippen LogP contribution in [0.15, 0.2) is 60.1 Å². The van der Waals surface area contributed by atoms with Gasteiger partial charge in [-0.05, 0) is 74.1 Å². The largest absolute Gasteiger partial charge is 0.457 e. The average Bonchev–Trinajstić information content (AvgIpc) is 3.40. The first-order valence-electron chi connectivity index (χ1n) is 13.3. The van der Waals surface area contributed by atoms with Crippen molar-refractivity contribution >= 4 is 33.1 Å². The molecule has 2 heterocycles. The number of piperidine rings is 1. The number of nitrogens with zero attached hydrogens (tertiary/aromatic N) is 3. The second-order valence-corrected chi connectivity index (χ2v) is 13.0. The number of likely N-dealkylation sites (tertiary alicyclic amines) is 1. The highest BCUT2D eigenvalue weighted by atomic mass is 32.2. The van der Waals surface area contributed by atoms with E-state index in [1.807, 2.05) is 22.4 Å². The van der Waals surface area contributed by atoms with Gasteiger partial charge in [-0.2, -0.15) is 0 Å². The van der Waals surface area contributed by atoms with Crippen LogP contribution in [0.2, 0.25) is 0 Å². The van der Waals surface area contributed by atoms with Crippen molar-refractivity contribution in [2.45, 2.75) is 57.3 Å². The summed E-state index contributed by atoms with van der Waals surface area (Å²) in [5.41, 5.74) is 1.70. The predicted octanol–water partition coefficient (Wildman–Crippen LogP) is 5.04. The summed E-state index contributed by atoms with van der Waals surface area (Å²) in [5, 5.41) is 6.16. The van der Waals surface area contributed by atoms with Gasteiger partial charge in [0.05, 0.1) is 12.8 Å². The summed E-state index contributed by atoms with van der Waals surface area (Å²) in [4.78, 5) is 22.0. The maximum atomic E-state index is 13.1. The number of ether oxygens (including phenoxy) is 1. The highest BCUT2D eigenvalue weighted by Gasteiger charge is 2.30. The minimum Gasteiger partial charge on any atom is -0.457 e. The van der Waals surface area contributed by atoms with Gasteiger partial charge in [0.15, 0.2) is 0 Å². The molecule has 11 heteroatoms. The molecule has 0 atom stereocenters. The Bertz CT molecular complexity index is 1320. The van der Waals surface area contributed by atoms with Crippen LogP contribution in [0.4, 0.5) is 10.5 Å². The minimum absolute atomic E-state index is 0.0465. The molecule has 9 nitrogen and oxygen atoms in total. The topological polar surface area (TPSA) is 104 Å². The third-order valence-corrected chi connectivity index (χ3v) is 8.57. The number of amides is 2. The molecular formula is C28H35N5O4S2. The normalized spacial score (nSPS) is 16.8. The van der Waals surface area contributed by atoms with Crippen molar-refractivity contribution < 1.29 is 17.9 Å². The highest BCUT2D eigenvalue weighted by molar-refractivity contribution is 7.92. The van der Waals surface area contributed by atoms with Gasteiger partial charge < -0.3 is 15.0 Å². The highest BCUT2D eigenvalue weighted by Crippen LogP contribution is 2.26. The molecule has 1 aliphatic carbocycles. The van der Waals surface area contributed by atoms with Crippen molar-refractivity contribution in [2.24, 2.45) is 0 Å². The molecule has 2 aromatic carbocycles. The number of benzene rings is 2. The molecule has 2 amide bonds. The summed E-state index contributed by atoms with van der Waals surface area (Å²) in [6, 6.07) is 15.4. The number of aromatic nitrogens is 1. The number of sulfonamides is 1. The van der Waals surface area contributed by atoms with E-state index in [2.05, 4.69) is 32.1 Å². The molecule has 208 valence electrons. The second kappa shape index (κ2) is 12.4. The number of rotatable bonds is 10. The maximum Gasteiger partial charge on any atom is 0.318 e. The predicted molar refractivity (Wildman–Crippen MR) is 154 cm³/mol. The summed E-state index contributed by atoms with van der Waals surface area (Å²) in [6.45, 7) is 3.28. The number of anilines is 1.